The van der Waals surface area contributed by atoms with Crippen LogP contribution in [0.5, 0.6) is 0 Å². The average molecular weight is 540 g/mol. The number of hydrogen-bond acceptors (Lipinski definition) is 8. The first-order chi connectivity index (χ1) is 17.9. The van der Waals surface area contributed by atoms with Crippen LogP contribution in [0.2, 0.25) is 5.02 Å². The molecule has 1 aliphatic carbocycles. The number of esters is 1. The second-order valence-corrected chi connectivity index (χ2v) is 10.4. The highest BCUT2D eigenvalue weighted by Crippen LogP contribution is 2.40. The van der Waals surface area contributed by atoms with Crippen molar-refractivity contribution < 1.29 is 14.5 Å². The number of carbonyl (C=O) groups is 1. The van der Waals surface area contributed by atoms with Gasteiger partial charge in [0, 0.05) is 22.5 Å². The Morgan fingerprint density at radius 2 is 1.92 bits per heavy atom. The molecule has 1 saturated carbocycles. The number of halogens is 1. The number of nitro groups is 1. The number of thioether (sulfide) groups is 1. The molecule has 1 fully saturated rings. The number of para-hydroxylation sites is 1. The largest absolute Gasteiger partial charge is 0.459 e. The quantitative estimate of drug-likeness (QED) is 0.161. The molecule has 5 rings (SSSR count). The second kappa shape index (κ2) is 10.9. The molecule has 0 radical (unpaired) electrons. The summed E-state index contributed by atoms with van der Waals surface area (Å²) in [5.74, 6) is 0.449. The number of carbonyl (C=O) groups excluding carboxylic acids is 1. The van der Waals surface area contributed by atoms with Gasteiger partial charge in [0.05, 0.1) is 16.1 Å². The summed E-state index contributed by atoms with van der Waals surface area (Å²) in [6.45, 7) is 1.76. The maximum absolute atomic E-state index is 13.5. The van der Waals surface area contributed by atoms with E-state index < -0.39 is 16.9 Å². The molecule has 0 spiro atoms. The number of ether oxygens (including phenoxy) is 1. The Morgan fingerprint density at radius 1 is 1.19 bits per heavy atom. The first kappa shape index (κ1) is 25.3. The van der Waals surface area contributed by atoms with E-state index in [0.29, 0.717) is 38.7 Å². The van der Waals surface area contributed by atoms with Crippen molar-refractivity contribution >= 4 is 41.0 Å². The van der Waals surface area contributed by atoms with Gasteiger partial charge in [0.25, 0.3) is 5.69 Å². The SMILES string of the molecule is CC1=C(C(=O)OC2CCCCC2)C(c2ccccc2[N+](=O)[O-])n2nc(SCc3ccccc3Cl)nc2N1. The molecule has 0 amide bonds. The second-order valence-electron chi connectivity index (χ2n) is 9.09. The molecule has 3 aromatic rings. The third-order valence-corrected chi connectivity index (χ3v) is 7.88. The number of anilines is 1. The predicted octanol–water partition coefficient (Wildman–Crippen LogP) is 6.30. The highest BCUT2D eigenvalue weighted by atomic mass is 35.5. The number of fused-ring (bicyclic) bond motifs is 1. The van der Waals surface area contributed by atoms with Gasteiger partial charge >= 0.3 is 5.97 Å². The average Bonchev–Trinajstić information content (AvgIpc) is 3.30. The summed E-state index contributed by atoms with van der Waals surface area (Å²) in [4.78, 5) is 29.6. The lowest BCUT2D eigenvalue weighted by atomic mass is 9.94. The summed E-state index contributed by atoms with van der Waals surface area (Å²) in [5.41, 5.74) is 2.01. The Bertz CT molecular complexity index is 1370. The number of nitro benzene ring substituents is 1. The first-order valence-electron chi connectivity index (χ1n) is 12.2. The lowest BCUT2D eigenvalue weighted by molar-refractivity contribution is -0.385. The molecule has 1 aromatic heterocycles. The Kier molecular flexibility index (Phi) is 7.48. The van der Waals surface area contributed by atoms with Crippen molar-refractivity contribution in [3.63, 3.8) is 0 Å². The summed E-state index contributed by atoms with van der Waals surface area (Å²) in [7, 11) is 0. The van der Waals surface area contributed by atoms with Crippen LogP contribution in [-0.2, 0) is 15.3 Å². The fourth-order valence-corrected chi connectivity index (χ4v) is 5.90. The lowest BCUT2D eigenvalue weighted by Gasteiger charge is -2.29. The number of benzene rings is 2. The van der Waals surface area contributed by atoms with Crippen molar-refractivity contribution in [1.29, 1.82) is 0 Å². The Balaban J connectivity index is 1.52. The van der Waals surface area contributed by atoms with Crippen molar-refractivity contribution in [3.05, 3.63) is 86.1 Å². The van der Waals surface area contributed by atoms with Crippen molar-refractivity contribution in [2.24, 2.45) is 0 Å². The highest BCUT2D eigenvalue weighted by Gasteiger charge is 2.39. The van der Waals surface area contributed by atoms with Crippen LogP contribution in [0.4, 0.5) is 11.6 Å². The van der Waals surface area contributed by atoms with Crippen molar-refractivity contribution in [3.8, 4) is 0 Å². The Labute approximate surface area is 223 Å². The van der Waals surface area contributed by atoms with E-state index in [1.807, 2.05) is 24.3 Å². The van der Waals surface area contributed by atoms with Gasteiger partial charge in [0.2, 0.25) is 11.1 Å². The number of hydrogen-bond donors (Lipinski definition) is 1. The summed E-state index contributed by atoms with van der Waals surface area (Å²) in [6, 6.07) is 13.1. The first-order valence-corrected chi connectivity index (χ1v) is 13.5. The van der Waals surface area contributed by atoms with E-state index in [1.165, 1.54) is 17.8 Å². The van der Waals surface area contributed by atoms with E-state index in [-0.39, 0.29) is 11.8 Å². The number of nitrogens with zero attached hydrogens (tertiary/aromatic N) is 4. The highest BCUT2D eigenvalue weighted by molar-refractivity contribution is 7.98. The summed E-state index contributed by atoms with van der Waals surface area (Å²) >= 11 is 7.69. The third-order valence-electron chi connectivity index (χ3n) is 6.62. The van der Waals surface area contributed by atoms with Crippen LogP contribution in [0.1, 0.15) is 56.2 Å². The van der Waals surface area contributed by atoms with Gasteiger partial charge in [-0.1, -0.05) is 60.1 Å². The van der Waals surface area contributed by atoms with Gasteiger partial charge in [-0.05, 0) is 50.3 Å². The van der Waals surface area contributed by atoms with Gasteiger partial charge < -0.3 is 10.1 Å². The summed E-state index contributed by atoms with van der Waals surface area (Å²) in [5, 5.41) is 20.9. The minimum absolute atomic E-state index is 0.100. The minimum Gasteiger partial charge on any atom is -0.459 e. The number of rotatable bonds is 7. The van der Waals surface area contributed by atoms with Crippen LogP contribution in [0.25, 0.3) is 0 Å². The zero-order valence-electron chi connectivity index (χ0n) is 20.2. The standard InChI is InChI=1S/C26H26ClN5O4S/c1-16-22(24(33)36-18-10-3-2-4-11-18)23(19-12-6-8-14-21(19)32(34)35)31-25(28-16)29-26(30-31)37-15-17-9-5-7-13-20(17)27/h5-9,12-14,18,23H,2-4,10-11,15H2,1H3,(H,28,29,30). The summed E-state index contributed by atoms with van der Waals surface area (Å²) < 4.78 is 7.45. The van der Waals surface area contributed by atoms with E-state index in [0.717, 1.165) is 37.7 Å². The molecular formula is C26H26ClN5O4S. The topological polar surface area (TPSA) is 112 Å². The van der Waals surface area contributed by atoms with E-state index in [2.05, 4.69) is 15.4 Å². The Hall–Kier alpha value is -3.37. The van der Waals surface area contributed by atoms with Crippen LogP contribution >= 0.6 is 23.4 Å². The molecule has 1 aliphatic heterocycles. The van der Waals surface area contributed by atoms with E-state index in [1.54, 1.807) is 29.8 Å². The van der Waals surface area contributed by atoms with E-state index >= 15 is 0 Å². The minimum atomic E-state index is -0.865. The van der Waals surface area contributed by atoms with E-state index in [4.69, 9.17) is 16.3 Å². The zero-order valence-corrected chi connectivity index (χ0v) is 21.8. The zero-order chi connectivity index (χ0) is 25.9. The normalized spacial score (nSPS) is 17.7. The lowest BCUT2D eigenvalue weighted by Crippen LogP contribution is -2.32. The van der Waals surface area contributed by atoms with Gasteiger partial charge in [-0.3, -0.25) is 10.1 Å². The van der Waals surface area contributed by atoms with Gasteiger partial charge in [-0.2, -0.15) is 4.98 Å². The molecule has 1 unspecified atom stereocenters. The molecule has 1 atom stereocenters. The number of allylic oxidation sites excluding steroid dienone is 1. The van der Waals surface area contributed by atoms with Crippen LogP contribution in [0.3, 0.4) is 0 Å². The van der Waals surface area contributed by atoms with Gasteiger partial charge in [0.1, 0.15) is 12.1 Å². The molecule has 2 aromatic carbocycles. The number of nitrogens with one attached hydrogen (secondary N) is 1. The maximum atomic E-state index is 13.5. The van der Waals surface area contributed by atoms with Crippen molar-refractivity contribution in [2.75, 3.05) is 5.32 Å². The van der Waals surface area contributed by atoms with Crippen LogP contribution in [-0.4, -0.2) is 31.8 Å². The molecule has 37 heavy (non-hydrogen) atoms. The van der Waals surface area contributed by atoms with E-state index in [9.17, 15) is 14.9 Å². The molecular weight excluding hydrogens is 514 g/mol. The smallest absolute Gasteiger partial charge is 0.338 e. The van der Waals surface area contributed by atoms with Crippen LogP contribution in [0, 0.1) is 10.1 Å². The predicted molar refractivity (Wildman–Crippen MR) is 142 cm³/mol. The van der Waals surface area contributed by atoms with Crippen molar-refractivity contribution in [2.45, 2.75) is 62.1 Å². The number of aromatic nitrogens is 3. The van der Waals surface area contributed by atoms with Crippen molar-refractivity contribution in [1.82, 2.24) is 14.8 Å². The van der Waals surface area contributed by atoms with Crippen LogP contribution < -0.4 is 5.32 Å². The molecule has 9 nitrogen and oxygen atoms in total. The fourth-order valence-electron chi connectivity index (χ4n) is 4.79. The molecule has 192 valence electrons. The van der Waals surface area contributed by atoms with Gasteiger partial charge in [0.15, 0.2) is 0 Å². The van der Waals surface area contributed by atoms with Crippen LogP contribution in [0.15, 0.2) is 65.0 Å². The van der Waals surface area contributed by atoms with Gasteiger partial charge in [-0.15, -0.1) is 5.10 Å². The third kappa shape index (κ3) is 5.35. The molecule has 2 aliphatic rings. The molecule has 11 heteroatoms. The maximum Gasteiger partial charge on any atom is 0.338 e. The summed E-state index contributed by atoms with van der Waals surface area (Å²) in [6.07, 6.45) is 4.64. The molecule has 0 bridgehead atoms. The fraction of sp³-hybridized carbons (Fsp3) is 0.346. The molecule has 1 N–H and O–H groups in total. The monoisotopic (exact) mass is 539 g/mol. The molecule has 2 heterocycles. The molecule has 0 saturated heterocycles. The Morgan fingerprint density at radius 3 is 2.68 bits per heavy atom. The van der Waals surface area contributed by atoms with Gasteiger partial charge in [-0.25, -0.2) is 9.48 Å².